The van der Waals surface area contributed by atoms with E-state index in [4.69, 9.17) is 4.74 Å². The molecule has 0 radical (unpaired) electrons. The predicted molar refractivity (Wildman–Crippen MR) is 100 cm³/mol. The highest BCUT2D eigenvalue weighted by Gasteiger charge is 2.18. The van der Waals surface area contributed by atoms with E-state index in [0.29, 0.717) is 5.82 Å². The molecule has 134 valence electrons. The summed E-state index contributed by atoms with van der Waals surface area (Å²) in [7, 11) is 0. The molecule has 3 aromatic rings. The minimum atomic E-state index is -0.386. The van der Waals surface area contributed by atoms with Gasteiger partial charge in [-0.15, -0.1) is 0 Å². The molecular weight excluding hydrogens is 330 g/mol. The number of carbonyl (C=O) groups excluding carboxylic acids is 1. The van der Waals surface area contributed by atoms with Crippen LogP contribution in [0.3, 0.4) is 0 Å². The first-order valence-electron chi connectivity index (χ1n) is 8.73. The van der Waals surface area contributed by atoms with Gasteiger partial charge in [-0.05, 0) is 31.2 Å². The number of rotatable bonds is 4. The zero-order chi connectivity index (χ0) is 17.9. The van der Waals surface area contributed by atoms with Gasteiger partial charge in [-0.2, -0.15) is 0 Å². The molecule has 7 nitrogen and oxygen atoms in total. The summed E-state index contributed by atoms with van der Waals surface area (Å²) in [6.07, 6.45) is 3.49. The molecule has 0 spiro atoms. The van der Waals surface area contributed by atoms with Crippen LogP contribution >= 0.6 is 0 Å². The Morgan fingerprint density at radius 2 is 1.96 bits per heavy atom. The second-order valence-electron chi connectivity index (χ2n) is 6.31. The zero-order valence-corrected chi connectivity index (χ0v) is 14.6. The first-order chi connectivity index (χ1) is 12.7. The van der Waals surface area contributed by atoms with Gasteiger partial charge >= 0.3 is 0 Å². The third-order valence-electron chi connectivity index (χ3n) is 4.65. The van der Waals surface area contributed by atoms with E-state index in [0.717, 1.165) is 43.0 Å². The third-order valence-corrected chi connectivity index (χ3v) is 4.65. The topological polar surface area (TPSA) is 72.3 Å². The van der Waals surface area contributed by atoms with Crippen molar-refractivity contribution in [1.29, 1.82) is 0 Å². The van der Waals surface area contributed by atoms with Gasteiger partial charge in [0.05, 0.1) is 42.5 Å². The molecule has 0 bridgehead atoms. The first kappa shape index (κ1) is 16.5. The van der Waals surface area contributed by atoms with Crippen LogP contribution in [0.2, 0.25) is 0 Å². The van der Waals surface area contributed by atoms with Gasteiger partial charge in [0.15, 0.2) is 0 Å². The number of pyridine rings is 1. The van der Waals surface area contributed by atoms with Gasteiger partial charge in [-0.3, -0.25) is 4.79 Å². The number of hydrogen-bond acceptors (Lipinski definition) is 5. The molecule has 1 N–H and O–H groups in total. The molecule has 26 heavy (non-hydrogen) atoms. The number of aromatic nitrogens is 3. The molecule has 3 heterocycles. The van der Waals surface area contributed by atoms with Crippen LogP contribution in [0.5, 0.6) is 0 Å². The number of para-hydroxylation sites is 2. The summed E-state index contributed by atoms with van der Waals surface area (Å²) in [6, 6.07) is 11.2. The molecule has 4 rings (SSSR count). The summed E-state index contributed by atoms with van der Waals surface area (Å²) in [5.41, 5.74) is 2.85. The maximum absolute atomic E-state index is 12.6. The Morgan fingerprint density at radius 1 is 1.15 bits per heavy atom. The predicted octanol–water partition coefficient (Wildman–Crippen LogP) is 2.47. The molecule has 7 heteroatoms. The van der Waals surface area contributed by atoms with Crippen LogP contribution in [-0.2, 0) is 9.53 Å². The Labute approximate surface area is 151 Å². The van der Waals surface area contributed by atoms with E-state index >= 15 is 0 Å². The number of nitrogens with one attached hydrogen (secondary N) is 1. The van der Waals surface area contributed by atoms with E-state index in [-0.39, 0.29) is 11.9 Å². The second-order valence-corrected chi connectivity index (χ2v) is 6.31. The standard InChI is InChI=1S/C19H21N5O2/c1-14(24-13-21-16-4-2-3-5-17(16)24)19(25)22-18-7-6-15(12-20-18)23-8-10-26-11-9-23/h2-7,12-14H,8-11H2,1H3,(H,20,22,25)/t14-/m1/s1. The van der Waals surface area contributed by atoms with Gasteiger partial charge in [0, 0.05) is 13.1 Å². The van der Waals surface area contributed by atoms with Gasteiger partial charge in [0.2, 0.25) is 5.91 Å². The Hall–Kier alpha value is -2.93. The zero-order valence-electron chi connectivity index (χ0n) is 14.6. The first-order valence-corrected chi connectivity index (χ1v) is 8.73. The van der Waals surface area contributed by atoms with Crippen molar-refractivity contribution in [2.45, 2.75) is 13.0 Å². The number of fused-ring (bicyclic) bond motifs is 1. The molecule has 1 amide bonds. The number of ether oxygens (including phenoxy) is 1. The molecular formula is C19H21N5O2. The minimum Gasteiger partial charge on any atom is -0.378 e. The molecule has 1 atom stereocenters. The van der Waals surface area contributed by atoms with Crippen LogP contribution in [0.25, 0.3) is 11.0 Å². The highest BCUT2D eigenvalue weighted by atomic mass is 16.5. The molecule has 1 saturated heterocycles. The fourth-order valence-electron chi connectivity index (χ4n) is 3.11. The van der Waals surface area contributed by atoms with Crippen LogP contribution in [-0.4, -0.2) is 46.7 Å². The number of nitrogens with zero attached hydrogens (tertiary/aromatic N) is 4. The van der Waals surface area contributed by atoms with Crippen molar-refractivity contribution < 1.29 is 9.53 Å². The Balaban J connectivity index is 1.45. The Morgan fingerprint density at radius 3 is 2.73 bits per heavy atom. The quantitative estimate of drug-likeness (QED) is 0.782. The van der Waals surface area contributed by atoms with E-state index in [1.54, 1.807) is 12.5 Å². The lowest BCUT2D eigenvalue weighted by molar-refractivity contribution is -0.118. The summed E-state index contributed by atoms with van der Waals surface area (Å²) >= 11 is 0. The van der Waals surface area contributed by atoms with E-state index in [2.05, 4.69) is 20.2 Å². The number of imidazole rings is 1. The molecule has 1 aliphatic rings. The average molecular weight is 351 g/mol. The number of morpholine rings is 1. The summed E-state index contributed by atoms with van der Waals surface area (Å²) in [4.78, 5) is 23.6. The normalized spacial score (nSPS) is 15.8. The SMILES string of the molecule is C[C@H](C(=O)Nc1ccc(N2CCOCC2)cn1)n1cnc2ccccc21. The van der Waals surface area contributed by atoms with Crippen LogP contribution in [0.15, 0.2) is 48.9 Å². The van der Waals surface area contributed by atoms with Crippen LogP contribution < -0.4 is 10.2 Å². The number of amides is 1. The third kappa shape index (κ3) is 3.25. The van der Waals surface area contributed by atoms with Gasteiger partial charge < -0.3 is 19.5 Å². The molecule has 0 saturated carbocycles. The van der Waals surface area contributed by atoms with E-state index in [9.17, 15) is 4.79 Å². The highest BCUT2D eigenvalue weighted by molar-refractivity contribution is 5.93. The van der Waals surface area contributed by atoms with Crippen molar-refractivity contribution in [1.82, 2.24) is 14.5 Å². The van der Waals surface area contributed by atoms with Crippen molar-refractivity contribution in [3.8, 4) is 0 Å². The molecule has 1 aromatic carbocycles. The molecule has 0 unspecified atom stereocenters. The molecule has 1 fully saturated rings. The van der Waals surface area contributed by atoms with Gasteiger partial charge in [-0.1, -0.05) is 12.1 Å². The minimum absolute atomic E-state index is 0.125. The number of anilines is 2. The van der Waals surface area contributed by atoms with Crippen LogP contribution in [0, 0.1) is 0 Å². The summed E-state index contributed by atoms with van der Waals surface area (Å²) in [5.74, 6) is 0.419. The Bertz CT molecular complexity index is 900. The Kier molecular flexibility index (Phi) is 4.53. The van der Waals surface area contributed by atoms with Crippen molar-refractivity contribution >= 4 is 28.4 Å². The fourth-order valence-corrected chi connectivity index (χ4v) is 3.11. The summed E-state index contributed by atoms with van der Waals surface area (Å²) in [5, 5.41) is 2.88. The highest BCUT2D eigenvalue weighted by Crippen LogP contribution is 2.20. The lowest BCUT2D eigenvalue weighted by Gasteiger charge is -2.28. The van der Waals surface area contributed by atoms with Crippen LogP contribution in [0.4, 0.5) is 11.5 Å². The summed E-state index contributed by atoms with van der Waals surface area (Å²) < 4.78 is 7.23. The van der Waals surface area contributed by atoms with Crippen molar-refractivity contribution in [3.05, 3.63) is 48.9 Å². The van der Waals surface area contributed by atoms with E-state index in [1.807, 2.05) is 47.9 Å². The number of hydrogen-bond donors (Lipinski definition) is 1. The smallest absolute Gasteiger partial charge is 0.248 e. The lowest BCUT2D eigenvalue weighted by atomic mass is 10.2. The lowest BCUT2D eigenvalue weighted by Crippen LogP contribution is -2.36. The van der Waals surface area contributed by atoms with Gasteiger partial charge in [0.1, 0.15) is 11.9 Å². The fraction of sp³-hybridized carbons (Fsp3) is 0.316. The van der Waals surface area contributed by atoms with E-state index in [1.165, 1.54) is 0 Å². The number of carbonyl (C=O) groups is 1. The van der Waals surface area contributed by atoms with Gasteiger partial charge in [0.25, 0.3) is 0 Å². The summed E-state index contributed by atoms with van der Waals surface area (Å²) in [6.45, 7) is 5.03. The van der Waals surface area contributed by atoms with E-state index < -0.39 is 0 Å². The monoisotopic (exact) mass is 351 g/mol. The maximum atomic E-state index is 12.6. The van der Waals surface area contributed by atoms with Crippen molar-refractivity contribution in [3.63, 3.8) is 0 Å². The molecule has 0 aliphatic carbocycles. The maximum Gasteiger partial charge on any atom is 0.248 e. The second kappa shape index (κ2) is 7.13. The van der Waals surface area contributed by atoms with Crippen molar-refractivity contribution in [2.75, 3.05) is 36.5 Å². The molecule has 2 aromatic heterocycles. The van der Waals surface area contributed by atoms with Gasteiger partial charge in [-0.25, -0.2) is 9.97 Å². The largest absolute Gasteiger partial charge is 0.378 e. The molecule has 1 aliphatic heterocycles. The van der Waals surface area contributed by atoms with Crippen molar-refractivity contribution in [2.24, 2.45) is 0 Å². The average Bonchev–Trinajstić information content (AvgIpc) is 3.13. The number of benzene rings is 1. The van der Waals surface area contributed by atoms with Crippen LogP contribution in [0.1, 0.15) is 13.0 Å².